The lowest BCUT2D eigenvalue weighted by atomic mass is 10.1. The molecule has 3 N–H and O–H groups in total. The maximum Gasteiger partial charge on any atom is 0.256 e. The Morgan fingerprint density at radius 2 is 1.94 bits per heavy atom. The van der Waals surface area contributed by atoms with Gasteiger partial charge in [-0.2, -0.15) is 0 Å². The van der Waals surface area contributed by atoms with Crippen LogP contribution in [0.2, 0.25) is 0 Å². The third-order valence-electron chi connectivity index (χ3n) is 3.07. The maximum atomic E-state index is 12.3. The van der Waals surface area contributed by atoms with Crippen LogP contribution in [-0.2, 0) is 0 Å². The average molecular weight is 250 g/mol. The molecule has 0 radical (unpaired) electrons. The summed E-state index contributed by atoms with van der Waals surface area (Å²) in [5.74, 6) is -0.165. The SMILES string of the molecule is CCNc1ccccc1C(=O)N1C[C@@H](O)[C@@H](O)C1. The first-order chi connectivity index (χ1) is 8.63. The Bertz CT molecular complexity index is 426. The van der Waals surface area contributed by atoms with Gasteiger partial charge in [0.05, 0.1) is 17.8 Å². The number of β-amino-alcohol motifs (C(OH)–C–C–N with tert-alkyl or cyclic N) is 2. The number of hydrogen-bond donors (Lipinski definition) is 3. The molecule has 2 atom stereocenters. The third-order valence-corrected chi connectivity index (χ3v) is 3.07. The minimum atomic E-state index is -0.847. The molecule has 0 aliphatic carbocycles. The van der Waals surface area contributed by atoms with Gasteiger partial charge in [-0.05, 0) is 19.1 Å². The zero-order valence-electron chi connectivity index (χ0n) is 10.3. The minimum absolute atomic E-state index is 0.165. The zero-order chi connectivity index (χ0) is 13.1. The van der Waals surface area contributed by atoms with E-state index in [-0.39, 0.29) is 19.0 Å². The molecule has 0 saturated carbocycles. The summed E-state index contributed by atoms with van der Waals surface area (Å²) in [7, 11) is 0. The number of likely N-dealkylation sites (tertiary alicyclic amines) is 1. The smallest absolute Gasteiger partial charge is 0.256 e. The first-order valence-electron chi connectivity index (χ1n) is 6.11. The fourth-order valence-electron chi connectivity index (χ4n) is 2.12. The number of aliphatic hydroxyl groups excluding tert-OH is 2. The Labute approximate surface area is 106 Å². The zero-order valence-corrected chi connectivity index (χ0v) is 10.3. The highest BCUT2D eigenvalue weighted by Gasteiger charge is 2.33. The average Bonchev–Trinajstić information content (AvgIpc) is 2.70. The lowest BCUT2D eigenvalue weighted by molar-refractivity contribution is 0.0572. The van der Waals surface area contributed by atoms with Gasteiger partial charge in [-0.1, -0.05) is 12.1 Å². The van der Waals surface area contributed by atoms with Crippen LogP contribution in [0.1, 0.15) is 17.3 Å². The van der Waals surface area contributed by atoms with Crippen molar-refractivity contribution in [1.82, 2.24) is 4.90 Å². The quantitative estimate of drug-likeness (QED) is 0.721. The predicted molar refractivity (Wildman–Crippen MR) is 68.5 cm³/mol. The molecule has 0 aromatic heterocycles. The highest BCUT2D eigenvalue weighted by molar-refractivity contribution is 5.99. The Kier molecular flexibility index (Phi) is 3.84. The fraction of sp³-hybridized carbons (Fsp3) is 0.462. The van der Waals surface area contributed by atoms with E-state index < -0.39 is 12.2 Å². The van der Waals surface area contributed by atoms with Gasteiger partial charge < -0.3 is 20.4 Å². The van der Waals surface area contributed by atoms with E-state index in [4.69, 9.17) is 0 Å². The molecule has 1 amide bonds. The van der Waals surface area contributed by atoms with Crippen molar-refractivity contribution in [3.63, 3.8) is 0 Å². The van der Waals surface area contributed by atoms with Crippen molar-refractivity contribution in [2.45, 2.75) is 19.1 Å². The number of nitrogens with zero attached hydrogens (tertiary/aromatic N) is 1. The Morgan fingerprint density at radius 3 is 2.56 bits per heavy atom. The van der Waals surface area contributed by atoms with Crippen LogP contribution in [0.3, 0.4) is 0 Å². The second kappa shape index (κ2) is 5.37. The van der Waals surface area contributed by atoms with E-state index >= 15 is 0 Å². The highest BCUT2D eigenvalue weighted by atomic mass is 16.3. The molecule has 1 saturated heterocycles. The summed E-state index contributed by atoms with van der Waals surface area (Å²) in [5, 5.41) is 22.1. The van der Waals surface area contributed by atoms with Crippen molar-refractivity contribution >= 4 is 11.6 Å². The van der Waals surface area contributed by atoms with Gasteiger partial charge >= 0.3 is 0 Å². The van der Waals surface area contributed by atoms with Gasteiger partial charge in [-0.15, -0.1) is 0 Å². The number of hydrogen-bond acceptors (Lipinski definition) is 4. The molecule has 5 heteroatoms. The number of carbonyl (C=O) groups is 1. The van der Waals surface area contributed by atoms with Crippen LogP contribution in [0.15, 0.2) is 24.3 Å². The van der Waals surface area contributed by atoms with E-state index in [0.29, 0.717) is 5.56 Å². The second-order valence-corrected chi connectivity index (χ2v) is 4.42. The largest absolute Gasteiger partial charge is 0.388 e. The molecule has 1 aromatic rings. The predicted octanol–water partition coefficient (Wildman–Crippen LogP) is 0.296. The summed E-state index contributed by atoms with van der Waals surface area (Å²) in [6.07, 6.45) is -1.69. The molecular formula is C13H18N2O3. The van der Waals surface area contributed by atoms with Gasteiger partial charge in [-0.3, -0.25) is 4.79 Å². The van der Waals surface area contributed by atoms with Gasteiger partial charge in [-0.25, -0.2) is 0 Å². The lowest BCUT2D eigenvalue weighted by Gasteiger charge is -2.18. The lowest BCUT2D eigenvalue weighted by Crippen LogP contribution is -2.30. The molecule has 0 unspecified atom stereocenters. The number of rotatable bonds is 3. The van der Waals surface area contributed by atoms with E-state index in [0.717, 1.165) is 12.2 Å². The van der Waals surface area contributed by atoms with E-state index in [1.807, 2.05) is 19.1 Å². The molecule has 1 aromatic carbocycles. The van der Waals surface area contributed by atoms with Crippen molar-refractivity contribution in [3.05, 3.63) is 29.8 Å². The van der Waals surface area contributed by atoms with E-state index in [1.165, 1.54) is 4.90 Å². The van der Waals surface area contributed by atoms with E-state index in [1.54, 1.807) is 12.1 Å². The monoisotopic (exact) mass is 250 g/mol. The summed E-state index contributed by atoms with van der Waals surface area (Å²) in [4.78, 5) is 13.8. The van der Waals surface area contributed by atoms with Gasteiger partial charge in [0.2, 0.25) is 0 Å². The van der Waals surface area contributed by atoms with Crippen LogP contribution in [0.5, 0.6) is 0 Å². The molecule has 1 aliphatic heterocycles. The van der Waals surface area contributed by atoms with Crippen LogP contribution >= 0.6 is 0 Å². The standard InChI is InChI=1S/C13H18N2O3/c1-2-14-10-6-4-3-5-9(10)13(18)15-7-11(16)12(17)8-15/h3-6,11-12,14,16-17H,2,7-8H2,1H3/t11-,12+. The van der Waals surface area contributed by atoms with Crippen LogP contribution in [-0.4, -0.2) is 52.9 Å². The number of aliphatic hydroxyl groups is 2. The number of anilines is 1. The summed E-state index contributed by atoms with van der Waals surface area (Å²) < 4.78 is 0. The van der Waals surface area contributed by atoms with Crippen molar-refractivity contribution in [2.24, 2.45) is 0 Å². The van der Waals surface area contributed by atoms with Crippen molar-refractivity contribution in [3.8, 4) is 0 Å². The molecule has 5 nitrogen and oxygen atoms in total. The van der Waals surface area contributed by atoms with E-state index in [2.05, 4.69) is 5.32 Å². The maximum absolute atomic E-state index is 12.3. The Hall–Kier alpha value is -1.59. The minimum Gasteiger partial charge on any atom is -0.388 e. The summed E-state index contributed by atoms with van der Waals surface area (Å²) in [5.41, 5.74) is 1.35. The number of nitrogens with one attached hydrogen (secondary N) is 1. The Balaban J connectivity index is 2.19. The van der Waals surface area contributed by atoms with Crippen molar-refractivity contribution in [1.29, 1.82) is 0 Å². The second-order valence-electron chi connectivity index (χ2n) is 4.42. The number of para-hydroxylation sites is 1. The first kappa shape index (κ1) is 12.9. The normalized spacial score (nSPS) is 23.2. The number of carbonyl (C=O) groups excluding carboxylic acids is 1. The molecule has 98 valence electrons. The van der Waals surface area contributed by atoms with Crippen LogP contribution in [0, 0.1) is 0 Å². The number of amides is 1. The molecule has 1 fully saturated rings. The van der Waals surface area contributed by atoms with Crippen molar-refractivity contribution in [2.75, 3.05) is 25.0 Å². The van der Waals surface area contributed by atoms with Gasteiger partial charge in [0, 0.05) is 25.3 Å². The molecule has 0 bridgehead atoms. The van der Waals surface area contributed by atoms with Gasteiger partial charge in [0.25, 0.3) is 5.91 Å². The van der Waals surface area contributed by atoms with Gasteiger partial charge in [0.15, 0.2) is 0 Å². The van der Waals surface area contributed by atoms with Gasteiger partial charge in [0.1, 0.15) is 0 Å². The number of benzene rings is 1. The first-order valence-corrected chi connectivity index (χ1v) is 6.11. The van der Waals surface area contributed by atoms with Crippen molar-refractivity contribution < 1.29 is 15.0 Å². The van der Waals surface area contributed by atoms with Crippen LogP contribution < -0.4 is 5.32 Å². The summed E-state index contributed by atoms with van der Waals surface area (Å²) in [6, 6.07) is 7.26. The topological polar surface area (TPSA) is 72.8 Å². The Morgan fingerprint density at radius 1 is 1.33 bits per heavy atom. The molecule has 2 rings (SSSR count). The van der Waals surface area contributed by atoms with Crippen LogP contribution in [0.4, 0.5) is 5.69 Å². The fourth-order valence-corrected chi connectivity index (χ4v) is 2.12. The molecule has 1 heterocycles. The van der Waals surface area contributed by atoms with E-state index in [9.17, 15) is 15.0 Å². The highest BCUT2D eigenvalue weighted by Crippen LogP contribution is 2.20. The van der Waals surface area contributed by atoms with Crippen LogP contribution in [0.25, 0.3) is 0 Å². The third kappa shape index (κ3) is 2.47. The molecule has 18 heavy (non-hydrogen) atoms. The molecule has 1 aliphatic rings. The summed E-state index contributed by atoms with van der Waals surface area (Å²) in [6.45, 7) is 3.06. The molecule has 0 spiro atoms. The summed E-state index contributed by atoms with van der Waals surface area (Å²) >= 11 is 0. The molecular weight excluding hydrogens is 232 g/mol.